The Hall–Kier alpha value is -2.81. The van der Waals surface area contributed by atoms with Gasteiger partial charge in [-0.2, -0.15) is 0 Å². The number of rotatable bonds is 11. The minimum atomic E-state index is -0.796. The Morgan fingerprint density at radius 2 is 1.69 bits per heavy atom. The van der Waals surface area contributed by atoms with Gasteiger partial charge in [-0.25, -0.2) is 0 Å². The maximum absolute atomic E-state index is 10.6. The molecule has 0 saturated carbocycles. The van der Waals surface area contributed by atoms with Crippen LogP contribution in [0.15, 0.2) is 72.8 Å². The van der Waals surface area contributed by atoms with Crippen LogP contribution in [-0.2, 0) is 11.2 Å². The number of hydrogen-bond acceptors (Lipinski definition) is 2. The lowest BCUT2D eigenvalue weighted by Crippen LogP contribution is -2.02. The van der Waals surface area contributed by atoms with Gasteiger partial charge in [0.25, 0.3) is 0 Å². The van der Waals surface area contributed by atoms with Gasteiger partial charge in [-0.1, -0.05) is 73.2 Å². The largest absolute Gasteiger partial charge is 0.481 e. The number of allylic oxidation sites excluding steroid dienone is 3. The first-order chi connectivity index (χ1) is 12.7. The van der Waals surface area contributed by atoms with Gasteiger partial charge in [0.15, 0.2) is 0 Å². The Balaban J connectivity index is 1.52. The van der Waals surface area contributed by atoms with Gasteiger partial charge in [-0.3, -0.25) is 4.79 Å². The van der Waals surface area contributed by atoms with E-state index in [-0.39, 0.29) is 6.42 Å². The molecule has 2 aromatic rings. The van der Waals surface area contributed by atoms with Crippen molar-refractivity contribution in [2.75, 3.05) is 11.9 Å². The summed E-state index contributed by atoms with van der Waals surface area (Å²) in [5.74, 6) is -0.796. The zero-order chi connectivity index (χ0) is 18.5. The number of anilines is 1. The maximum Gasteiger partial charge on any atom is 0.307 e. The summed E-state index contributed by atoms with van der Waals surface area (Å²) in [6.45, 7) is 0.940. The number of carbonyl (C=O) groups is 1. The Kier molecular flexibility index (Phi) is 8.78. The fourth-order valence-corrected chi connectivity index (χ4v) is 2.62. The zero-order valence-corrected chi connectivity index (χ0v) is 15.1. The van der Waals surface area contributed by atoms with Gasteiger partial charge in [-0.15, -0.1) is 0 Å². The summed E-state index contributed by atoms with van der Waals surface area (Å²) in [6, 6.07) is 17.9. The number of hydrogen-bond donors (Lipinski definition) is 2. The number of unbranched alkanes of at least 4 members (excludes halogenated alkanes) is 3. The van der Waals surface area contributed by atoms with Crippen molar-refractivity contribution in [3.63, 3.8) is 0 Å². The van der Waals surface area contributed by atoms with Crippen LogP contribution >= 0.6 is 0 Å². The minimum absolute atomic E-state index is 0.0777. The number of carboxylic acids is 1. The van der Waals surface area contributed by atoms with Crippen molar-refractivity contribution in [3.05, 3.63) is 84.0 Å². The molecule has 3 heteroatoms. The Morgan fingerprint density at radius 1 is 0.923 bits per heavy atom. The van der Waals surface area contributed by atoms with Crippen LogP contribution in [-0.4, -0.2) is 17.6 Å². The van der Waals surface area contributed by atoms with Crippen molar-refractivity contribution in [1.82, 2.24) is 0 Å². The van der Waals surface area contributed by atoms with Crippen molar-refractivity contribution >= 4 is 17.7 Å². The zero-order valence-electron chi connectivity index (χ0n) is 15.1. The number of nitrogens with one attached hydrogen (secondary N) is 1. The third-order valence-electron chi connectivity index (χ3n) is 4.02. The second-order valence-corrected chi connectivity index (χ2v) is 6.24. The molecule has 26 heavy (non-hydrogen) atoms. The van der Waals surface area contributed by atoms with Crippen molar-refractivity contribution in [2.45, 2.75) is 32.1 Å². The first-order valence-electron chi connectivity index (χ1n) is 9.17. The minimum Gasteiger partial charge on any atom is -0.481 e. The van der Waals surface area contributed by atoms with E-state index in [1.54, 1.807) is 0 Å². The summed E-state index contributed by atoms with van der Waals surface area (Å²) >= 11 is 0. The van der Waals surface area contributed by atoms with Crippen LogP contribution in [0, 0.1) is 0 Å². The molecule has 0 aromatic heterocycles. The average molecular weight is 349 g/mol. The summed E-state index contributed by atoms with van der Waals surface area (Å²) in [7, 11) is 0. The van der Waals surface area contributed by atoms with Gasteiger partial charge in [-0.05, 0) is 42.5 Å². The molecule has 0 bridgehead atoms. The number of benzene rings is 2. The molecule has 3 nitrogen and oxygen atoms in total. The Morgan fingerprint density at radius 3 is 2.42 bits per heavy atom. The molecule has 0 fully saturated rings. The predicted octanol–water partition coefficient (Wildman–Crippen LogP) is 5.56. The molecule has 2 aromatic carbocycles. The Bertz CT molecular complexity index is 703. The van der Waals surface area contributed by atoms with E-state index in [9.17, 15) is 4.79 Å². The van der Waals surface area contributed by atoms with E-state index >= 15 is 0 Å². The maximum atomic E-state index is 10.6. The summed E-state index contributed by atoms with van der Waals surface area (Å²) in [5, 5.41) is 12.1. The summed E-state index contributed by atoms with van der Waals surface area (Å²) < 4.78 is 0. The van der Waals surface area contributed by atoms with E-state index in [0.29, 0.717) is 0 Å². The van der Waals surface area contributed by atoms with E-state index in [2.05, 4.69) is 41.8 Å². The highest BCUT2D eigenvalue weighted by atomic mass is 16.4. The molecule has 0 saturated heterocycles. The lowest BCUT2D eigenvalue weighted by molar-refractivity contribution is -0.136. The molecule has 2 N–H and O–H groups in total. The van der Waals surface area contributed by atoms with Crippen molar-refractivity contribution in [1.29, 1.82) is 0 Å². The third kappa shape index (κ3) is 8.34. The molecule has 0 spiro atoms. The fraction of sp³-hybridized carbons (Fsp3) is 0.261. The molecule has 0 radical (unpaired) electrons. The standard InChI is InChI=1S/C23H27NO2/c25-23(26)19-21-14-16-22(17-15-21)24-18-10-5-3-1-2-4-7-11-20-12-8-6-9-13-20/h2,4,6-9,11-17,24H,1,3,5,10,18-19H2,(H,25,26). The van der Waals surface area contributed by atoms with Gasteiger partial charge >= 0.3 is 5.97 Å². The highest BCUT2D eigenvalue weighted by molar-refractivity contribution is 5.70. The first-order valence-corrected chi connectivity index (χ1v) is 9.17. The summed E-state index contributed by atoms with van der Waals surface area (Å²) in [6.07, 6.45) is 13.2. The monoisotopic (exact) mass is 349 g/mol. The van der Waals surface area contributed by atoms with E-state index < -0.39 is 5.97 Å². The molecule has 0 unspecified atom stereocenters. The molecule has 2 rings (SSSR count). The predicted molar refractivity (Wildman–Crippen MR) is 109 cm³/mol. The van der Waals surface area contributed by atoms with Crippen LogP contribution in [0.3, 0.4) is 0 Å². The Labute approximate surface area is 156 Å². The lowest BCUT2D eigenvalue weighted by atomic mass is 10.1. The molecule has 0 heterocycles. The highest BCUT2D eigenvalue weighted by Gasteiger charge is 1.99. The average Bonchev–Trinajstić information content (AvgIpc) is 2.65. The van der Waals surface area contributed by atoms with Crippen LogP contribution in [0.2, 0.25) is 0 Å². The van der Waals surface area contributed by atoms with Gasteiger partial charge in [0, 0.05) is 12.2 Å². The molecule has 0 aliphatic heterocycles. The number of carboxylic acid groups (broad SMARTS) is 1. The molecule has 0 amide bonds. The number of aliphatic carboxylic acids is 1. The fourth-order valence-electron chi connectivity index (χ4n) is 2.62. The van der Waals surface area contributed by atoms with Gasteiger partial charge < -0.3 is 10.4 Å². The molecule has 0 aliphatic rings. The molecular weight excluding hydrogens is 322 g/mol. The smallest absolute Gasteiger partial charge is 0.307 e. The second kappa shape index (κ2) is 11.7. The van der Waals surface area contributed by atoms with Crippen LogP contribution in [0.25, 0.3) is 6.08 Å². The van der Waals surface area contributed by atoms with Gasteiger partial charge in [0.05, 0.1) is 6.42 Å². The molecule has 0 aliphatic carbocycles. The van der Waals surface area contributed by atoms with E-state index in [1.807, 2.05) is 42.5 Å². The van der Waals surface area contributed by atoms with Crippen molar-refractivity contribution in [3.8, 4) is 0 Å². The van der Waals surface area contributed by atoms with Crippen molar-refractivity contribution < 1.29 is 9.90 Å². The van der Waals surface area contributed by atoms with E-state index in [0.717, 1.165) is 30.6 Å². The van der Waals surface area contributed by atoms with Crippen LogP contribution in [0.4, 0.5) is 5.69 Å². The quantitative estimate of drug-likeness (QED) is 0.413. The SMILES string of the molecule is O=C(O)Cc1ccc(NCCCCCC=CC=Cc2ccccc2)cc1. The normalized spacial score (nSPS) is 11.2. The lowest BCUT2D eigenvalue weighted by Gasteiger charge is -2.06. The topological polar surface area (TPSA) is 49.3 Å². The molecule has 136 valence electrons. The van der Waals surface area contributed by atoms with E-state index in [1.165, 1.54) is 18.4 Å². The van der Waals surface area contributed by atoms with Gasteiger partial charge in [0.2, 0.25) is 0 Å². The summed E-state index contributed by atoms with van der Waals surface area (Å²) in [5.41, 5.74) is 3.10. The molecule has 0 atom stereocenters. The second-order valence-electron chi connectivity index (χ2n) is 6.24. The highest BCUT2D eigenvalue weighted by Crippen LogP contribution is 2.11. The molecular formula is C23H27NO2. The van der Waals surface area contributed by atoms with Crippen LogP contribution in [0.1, 0.15) is 36.8 Å². The third-order valence-corrected chi connectivity index (χ3v) is 4.02. The van der Waals surface area contributed by atoms with Crippen LogP contribution < -0.4 is 5.32 Å². The first kappa shape index (κ1) is 19.5. The summed E-state index contributed by atoms with van der Waals surface area (Å²) in [4.78, 5) is 10.6. The van der Waals surface area contributed by atoms with Crippen molar-refractivity contribution in [2.24, 2.45) is 0 Å². The van der Waals surface area contributed by atoms with Crippen LogP contribution in [0.5, 0.6) is 0 Å². The van der Waals surface area contributed by atoms with E-state index in [4.69, 9.17) is 5.11 Å². The van der Waals surface area contributed by atoms with Gasteiger partial charge in [0.1, 0.15) is 0 Å².